The smallest absolute Gasteiger partial charge is 0.326 e. The molecule has 1 aromatic rings. The summed E-state index contributed by atoms with van der Waals surface area (Å²) in [5.41, 5.74) is -0.590. The van der Waals surface area contributed by atoms with Gasteiger partial charge in [0, 0.05) is 5.41 Å². The summed E-state index contributed by atoms with van der Waals surface area (Å²) in [5.74, 6) is 1.27. The second kappa shape index (κ2) is 4.96. The molecule has 5 heteroatoms. The number of hydrogen-bond acceptors (Lipinski definition) is 5. The van der Waals surface area contributed by atoms with Crippen molar-refractivity contribution in [2.24, 2.45) is 0 Å². The van der Waals surface area contributed by atoms with Gasteiger partial charge in [-0.1, -0.05) is 20.8 Å². The Morgan fingerprint density at radius 3 is 2.63 bits per heavy atom. The molecule has 1 N–H and O–H groups in total. The van der Waals surface area contributed by atoms with Crippen LogP contribution < -0.4 is 5.32 Å². The van der Waals surface area contributed by atoms with Gasteiger partial charge in [0.1, 0.15) is 11.3 Å². The Labute approximate surface area is 113 Å². The van der Waals surface area contributed by atoms with E-state index in [1.807, 2.05) is 0 Å². The SMILES string of the molecule is COC(=O)C1(NCc2ncc(C(C)(C)C)o2)CCC1. The van der Waals surface area contributed by atoms with Gasteiger partial charge in [0.15, 0.2) is 0 Å². The summed E-state index contributed by atoms with van der Waals surface area (Å²) in [5, 5.41) is 3.23. The third-order valence-electron chi connectivity index (χ3n) is 3.65. The van der Waals surface area contributed by atoms with Crippen LogP contribution in [0.3, 0.4) is 0 Å². The highest BCUT2D eigenvalue weighted by Crippen LogP contribution is 2.33. The topological polar surface area (TPSA) is 64.4 Å². The molecule has 0 amide bonds. The van der Waals surface area contributed by atoms with Crippen LogP contribution in [0.5, 0.6) is 0 Å². The van der Waals surface area contributed by atoms with Crippen LogP contribution in [-0.2, 0) is 21.5 Å². The van der Waals surface area contributed by atoms with Crippen LogP contribution in [0.15, 0.2) is 10.6 Å². The van der Waals surface area contributed by atoms with Crippen LogP contribution in [0, 0.1) is 0 Å². The van der Waals surface area contributed by atoms with Gasteiger partial charge in [-0.3, -0.25) is 10.1 Å². The lowest BCUT2D eigenvalue weighted by Crippen LogP contribution is -2.57. The van der Waals surface area contributed by atoms with Crippen molar-refractivity contribution in [2.75, 3.05) is 7.11 Å². The van der Waals surface area contributed by atoms with E-state index >= 15 is 0 Å². The number of rotatable bonds is 4. The lowest BCUT2D eigenvalue weighted by Gasteiger charge is -2.39. The van der Waals surface area contributed by atoms with E-state index in [2.05, 4.69) is 31.1 Å². The maximum Gasteiger partial charge on any atom is 0.326 e. The zero-order valence-corrected chi connectivity index (χ0v) is 12.1. The van der Waals surface area contributed by atoms with Crippen LogP contribution >= 0.6 is 0 Å². The van der Waals surface area contributed by atoms with Crippen molar-refractivity contribution in [2.45, 2.75) is 57.5 Å². The Bertz CT molecular complexity index is 456. The van der Waals surface area contributed by atoms with E-state index in [-0.39, 0.29) is 11.4 Å². The third kappa shape index (κ3) is 2.81. The fourth-order valence-electron chi connectivity index (χ4n) is 2.16. The van der Waals surface area contributed by atoms with Gasteiger partial charge < -0.3 is 9.15 Å². The summed E-state index contributed by atoms with van der Waals surface area (Å²) >= 11 is 0. The molecule has 0 unspecified atom stereocenters. The summed E-state index contributed by atoms with van der Waals surface area (Å²) in [6, 6.07) is 0. The van der Waals surface area contributed by atoms with Crippen LogP contribution in [0.2, 0.25) is 0 Å². The van der Waals surface area contributed by atoms with Gasteiger partial charge in [-0.25, -0.2) is 4.98 Å². The first kappa shape index (κ1) is 14.1. The molecule has 2 rings (SSSR count). The summed E-state index contributed by atoms with van der Waals surface area (Å²) in [7, 11) is 1.42. The minimum absolute atomic E-state index is 0.0538. The number of carbonyl (C=O) groups excluding carboxylic acids is 1. The van der Waals surface area contributed by atoms with E-state index in [1.165, 1.54) is 7.11 Å². The minimum Gasteiger partial charge on any atom is -0.468 e. The summed E-state index contributed by atoms with van der Waals surface area (Å²) in [6.45, 7) is 6.68. The molecular formula is C14H22N2O3. The van der Waals surface area contributed by atoms with Crippen LogP contribution in [0.25, 0.3) is 0 Å². The highest BCUT2D eigenvalue weighted by molar-refractivity contribution is 5.81. The molecule has 0 saturated heterocycles. The number of methoxy groups -OCH3 is 1. The van der Waals surface area contributed by atoms with Gasteiger partial charge >= 0.3 is 5.97 Å². The first-order valence-corrected chi connectivity index (χ1v) is 6.66. The zero-order chi connectivity index (χ0) is 14.1. The fourth-order valence-corrected chi connectivity index (χ4v) is 2.16. The number of oxazole rings is 1. The number of carbonyl (C=O) groups is 1. The number of esters is 1. The maximum absolute atomic E-state index is 11.8. The number of hydrogen-bond donors (Lipinski definition) is 1. The Morgan fingerprint density at radius 1 is 1.53 bits per heavy atom. The summed E-state index contributed by atoms with van der Waals surface area (Å²) in [4.78, 5) is 16.0. The number of aromatic nitrogens is 1. The highest BCUT2D eigenvalue weighted by Gasteiger charge is 2.45. The molecule has 1 aliphatic rings. The monoisotopic (exact) mass is 266 g/mol. The molecule has 0 aliphatic heterocycles. The van der Waals surface area contributed by atoms with Crippen molar-refractivity contribution in [3.8, 4) is 0 Å². The van der Waals surface area contributed by atoms with Crippen molar-refractivity contribution in [1.82, 2.24) is 10.3 Å². The molecule has 0 atom stereocenters. The first-order valence-electron chi connectivity index (χ1n) is 6.66. The predicted octanol–water partition coefficient (Wildman–Crippen LogP) is 2.16. The quantitative estimate of drug-likeness (QED) is 0.846. The van der Waals surface area contributed by atoms with Gasteiger partial charge in [0.2, 0.25) is 5.89 Å². The van der Waals surface area contributed by atoms with Crippen molar-refractivity contribution >= 4 is 5.97 Å². The van der Waals surface area contributed by atoms with E-state index in [0.29, 0.717) is 12.4 Å². The van der Waals surface area contributed by atoms with E-state index in [0.717, 1.165) is 25.0 Å². The number of nitrogens with one attached hydrogen (secondary N) is 1. The lowest BCUT2D eigenvalue weighted by atomic mass is 9.77. The first-order chi connectivity index (χ1) is 8.87. The predicted molar refractivity (Wildman–Crippen MR) is 70.6 cm³/mol. The Morgan fingerprint density at radius 2 is 2.21 bits per heavy atom. The second-order valence-electron chi connectivity index (χ2n) is 6.15. The molecule has 1 saturated carbocycles. The van der Waals surface area contributed by atoms with E-state index in [9.17, 15) is 4.79 Å². The Hall–Kier alpha value is -1.36. The van der Waals surface area contributed by atoms with E-state index in [1.54, 1.807) is 6.20 Å². The molecule has 106 valence electrons. The molecule has 0 spiro atoms. The fraction of sp³-hybridized carbons (Fsp3) is 0.714. The maximum atomic E-state index is 11.8. The zero-order valence-electron chi connectivity index (χ0n) is 12.1. The van der Waals surface area contributed by atoms with Crippen molar-refractivity contribution in [1.29, 1.82) is 0 Å². The number of nitrogens with zero attached hydrogens (tertiary/aromatic N) is 1. The largest absolute Gasteiger partial charge is 0.468 e. The average molecular weight is 266 g/mol. The number of ether oxygens (including phenoxy) is 1. The second-order valence-corrected chi connectivity index (χ2v) is 6.15. The third-order valence-corrected chi connectivity index (χ3v) is 3.65. The highest BCUT2D eigenvalue weighted by atomic mass is 16.5. The molecule has 5 nitrogen and oxygen atoms in total. The van der Waals surface area contributed by atoms with Gasteiger partial charge in [0.05, 0.1) is 19.9 Å². The molecule has 19 heavy (non-hydrogen) atoms. The van der Waals surface area contributed by atoms with Crippen molar-refractivity contribution < 1.29 is 13.9 Å². The molecule has 1 fully saturated rings. The van der Waals surface area contributed by atoms with Gasteiger partial charge in [0.25, 0.3) is 0 Å². The van der Waals surface area contributed by atoms with Crippen LogP contribution in [0.4, 0.5) is 0 Å². The van der Waals surface area contributed by atoms with Crippen LogP contribution in [0.1, 0.15) is 51.7 Å². The van der Waals surface area contributed by atoms with Gasteiger partial charge in [-0.15, -0.1) is 0 Å². The molecule has 0 radical (unpaired) electrons. The molecular weight excluding hydrogens is 244 g/mol. The molecule has 0 aromatic carbocycles. The van der Waals surface area contributed by atoms with E-state index in [4.69, 9.17) is 9.15 Å². The molecule has 1 heterocycles. The molecule has 1 aliphatic carbocycles. The summed E-state index contributed by atoms with van der Waals surface area (Å²) in [6.07, 6.45) is 4.42. The Kier molecular flexibility index (Phi) is 3.67. The molecule has 0 bridgehead atoms. The van der Waals surface area contributed by atoms with E-state index < -0.39 is 5.54 Å². The van der Waals surface area contributed by atoms with Crippen molar-refractivity contribution in [3.05, 3.63) is 17.8 Å². The summed E-state index contributed by atoms with van der Waals surface area (Å²) < 4.78 is 10.6. The molecule has 1 aromatic heterocycles. The van der Waals surface area contributed by atoms with Gasteiger partial charge in [-0.2, -0.15) is 0 Å². The lowest BCUT2D eigenvalue weighted by molar-refractivity contribution is -0.152. The average Bonchev–Trinajstić information content (AvgIpc) is 2.75. The normalized spacial score (nSPS) is 17.9. The van der Waals surface area contributed by atoms with Gasteiger partial charge in [-0.05, 0) is 19.3 Å². The minimum atomic E-state index is -0.537. The van der Waals surface area contributed by atoms with Crippen LogP contribution in [-0.4, -0.2) is 23.6 Å². The van der Waals surface area contributed by atoms with Crippen molar-refractivity contribution in [3.63, 3.8) is 0 Å². The Balaban J connectivity index is 1.99. The standard InChI is InChI=1S/C14H22N2O3/c1-13(2,3)10-8-15-11(19-10)9-16-14(6-5-7-14)12(17)18-4/h8,16H,5-7,9H2,1-4H3.